The lowest BCUT2D eigenvalue weighted by molar-refractivity contribution is 0.190. The van der Waals surface area contributed by atoms with Crippen molar-refractivity contribution in [1.82, 2.24) is 0 Å². The molecule has 0 saturated carbocycles. The van der Waals surface area contributed by atoms with E-state index in [-0.39, 0.29) is 6.10 Å². The zero-order valence-electron chi connectivity index (χ0n) is 10.5. The summed E-state index contributed by atoms with van der Waals surface area (Å²) in [5, 5.41) is 8.86. The summed E-state index contributed by atoms with van der Waals surface area (Å²) in [5.41, 5.74) is 2.79. The maximum absolute atomic E-state index is 8.86. The summed E-state index contributed by atoms with van der Waals surface area (Å²) in [6.45, 7) is 8.24. The van der Waals surface area contributed by atoms with Gasteiger partial charge in [0.2, 0.25) is 0 Å². The summed E-state index contributed by atoms with van der Waals surface area (Å²) >= 11 is 0. The van der Waals surface area contributed by atoms with Crippen molar-refractivity contribution in [2.45, 2.75) is 46.6 Å². The van der Waals surface area contributed by atoms with Crippen molar-refractivity contribution >= 4 is 0 Å². The SMILES string of the molecule is CCC(CC)Oc1c(C)cc(C#N)cc1C. The molecule has 0 heterocycles. The Hall–Kier alpha value is -1.49. The number of nitriles is 1. The molecule has 1 rings (SSSR count). The van der Waals surface area contributed by atoms with Crippen LogP contribution >= 0.6 is 0 Å². The van der Waals surface area contributed by atoms with Crippen LogP contribution in [0.3, 0.4) is 0 Å². The summed E-state index contributed by atoms with van der Waals surface area (Å²) in [7, 11) is 0. The maximum Gasteiger partial charge on any atom is 0.125 e. The van der Waals surface area contributed by atoms with E-state index >= 15 is 0 Å². The number of hydrogen-bond acceptors (Lipinski definition) is 2. The third-order valence-electron chi connectivity index (χ3n) is 2.78. The predicted octanol–water partition coefficient (Wildman–Crippen LogP) is 3.74. The van der Waals surface area contributed by atoms with Gasteiger partial charge in [0.1, 0.15) is 5.75 Å². The van der Waals surface area contributed by atoms with Gasteiger partial charge in [0.25, 0.3) is 0 Å². The van der Waals surface area contributed by atoms with Crippen molar-refractivity contribution in [3.8, 4) is 11.8 Å². The fourth-order valence-electron chi connectivity index (χ4n) is 1.82. The molecule has 0 N–H and O–H groups in total. The molecule has 2 heteroatoms. The van der Waals surface area contributed by atoms with Gasteiger partial charge in [-0.05, 0) is 49.9 Å². The first kappa shape index (κ1) is 12.6. The summed E-state index contributed by atoms with van der Waals surface area (Å²) in [4.78, 5) is 0. The summed E-state index contributed by atoms with van der Waals surface area (Å²) in [6.07, 6.45) is 2.29. The Kier molecular flexibility index (Phi) is 4.37. The van der Waals surface area contributed by atoms with Crippen LogP contribution in [0.2, 0.25) is 0 Å². The van der Waals surface area contributed by atoms with Gasteiger partial charge in [-0.15, -0.1) is 0 Å². The Bertz CT molecular complexity index is 377. The van der Waals surface area contributed by atoms with Gasteiger partial charge in [-0.1, -0.05) is 13.8 Å². The minimum atomic E-state index is 0.269. The van der Waals surface area contributed by atoms with E-state index in [0.717, 1.165) is 29.7 Å². The number of nitrogens with zero attached hydrogens (tertiary/aromatic N) is 1. The van der Waals surface area contributed by atoms with Crippen LogP contribution in [0.25, 0.3) is 0 Å². The van der Waals surface area contributed by atoms with Crippen LogP contribution in [0.5, 0.6) is 5.75 Å². The molecular formula is C14H19NO. The van der Waals surface area contributed by atoms with Crippen LogP contribution in [0, 0.1) is 25.2 Å². The normalized spacial score (nSPS) is 10.2. The second-order valence-electron chi connectivity index (χ2n) is 4.11. The van der Waals surface area contributed by atoms with E-state index < -0.39 is 0 Å². The molecule has 0 radical (unpaired) electrons. The van der Waals surface area contributed by atoms with Crippen molar-refractivity contribution < 1.29 is 4.74 Å². The van der Waals surface area contributed by atoms with Crippen molar-refractivity contribution in [3.63, 3.8) is 0 Å². The van der Waals surface area contributed by atoms with Crippen molar-refractivity contribution in [2.75, 3.05) is 0 Å². The molecule has 86 valence electrons. The predicted molar refractivity (Wildman–Crippen MR) is 65.6 cm³/mol. The molecule has 0 fully saturated rings. The first-order valence-corrected chi connectivity index (χ1v) is 5.80. The molecule has 0 aliphatic rings. The minimum Gasteiger partial charge on any atom is -0.490 e. The second-order valence-corrected chi connectivity index (χ2v) is 4.11. The van der Waals surface area contributed by atoms with Gasteiger partial charge >= 0.3 is 0 Å². The molecule has 0 spiro atoms. The van der Waals surface area contributed by atoms with E-state index in [1.54, 1.807) is 0 Å². The molecule has 0 aliphatic heterocycles. The largest absolute Gasteiger partial charge is 0.490 e. The highest BCUT2D eigenvalue weighted by Crippen LogP contribution is 2.26. The quantitative estimate of drug-likeness (QED) is 0.769. The third-order valence-corrected chi connectivity index (χ3v) is 2.78. The molecule has 0 aliphatic carbocycles. The van der Waals surface area contributed by atoms with E-state index in [1.165, 1.54) is 0 Å². The van der Waals surface area contributed by atoms with Crippen LogP contribution in [0.4, 0.5) is 0 Å². The zero-order chi connectivity index (χ0) is 12.1. The Balaban J connectivity index is 3.01. The molecule has 0 saturated heterocycles. The van der Waals surface area contributed by atoms with Crippen molar-refractivity contribution in [3.05, 3.63) is 28.8 Å². The summed E-state index contributed by atoms with van der Waals surface area (Å²) in [6, 6.07) is 5.92. The first-order chi connectivity index (χ1) is 7.62. The average Bonchev–Trinajstić information content (AvgIpc) is 2.28. The summed E-state index contributed by atoms with van der Waals surface area (Å²) in [5.74, 6) is 0.938. The number of benzene rings is 1. The molecule has 16 heavy (non-hydrogen) atoms. The van der Waals surface area contributed by atoms with Gasteiger partial charge in [0.15, 0.2) is 0 Å². The lowest BCUT2D eigenvalue weighted by Gasteiger charge is -2.19. The molecule has 0 aromatic heterocycles. The van der Waals surface area contributed by atoms with E-state index in [2.05, 4.69) is 19.9 Å². The zero-order valence-corrected chi connectivity index (χ0v) is 10.5. The molecule has 0 bridgehead atoms. The van der Waals surface area contributed by atoms with Gasteiger partial charge in [-0.25, -0.2) is 0 Å². The second kappa shape index (κ2) is 5.55. The van der Waals surface area contributed by atoms with E-state index in [0.29, 0.717) is 5.56 Å². The van der Waals surface area contributed by atoms with Crippen LogP contribution in [0.15, 0.2) is 12.1 Å². The van der Waals surface area contributed by atoms with Crippen LogP contribution < -0.4 is 4.74 Å². The molecule has 0 amide bonds. The Labute approximate surface area is 97.9 Å². The number of aryl methyl sites for hydroxylation is 2. The Morgan fingerprint density at radius 2 is 1.69 bits per heavy atom. The lowest BCUT2D eigenvalue weighted by atomic mass is 10.1. The Morgan fingerprint density at radius 3 is 2.06 bits per heavy atom. The fraction of sp³-hybridized carbons (Fsp3) is 0.500. The Morgan fingerprint density at radius 1 is 1.19 bits per heavy atom. The highest BCUT2D eigenvalue weighted by Gasteiger charge is 2.11. The van der Waals surface area contributed by atoms with Crippen LogP contribution in [0.1, 0.15) is 43.4 Å². The van der Waals surface area contributed by atoms with Gasteiger partial charge in [0, 0.05) is 0 Å². The van der Waals surface area contributed by atoms with Gasteiger partial charge < -0.3 is 4.74 Å². The monoisotopic (exact) mass is 217 g/mol. The number of hydrogen-bond donors (Lipinski definition) is 0. The molecule has 1 aromatic rings. The maximum atomic E-state index is 8.86. The van der Waals surface area contributed by atoms with Crippen molar-refractivity contribution in [1.29, 1.82) is 5.26 Å². The topological polar surface area (TPSA) is 33.0 Å². The highest BCUT2D eigenvalue weighted by atomic mass is 16.5. The smallest absolute Gasteiger partial charge is 0.125 e. The molecule has 0 atom stereocenters. The van der Waals surface area contributed by atoms with E-state index in [9.17, 15) is 0 Å². The van der Waals surface area contributed by atoms with Crippen LogP contribution in [-0.2, 0) is 0 Å². The van der Waals surface area contributed by atoms with Gasteiger partial charge in [0.05, 0.1) is 17.7 Å². The van der Waals surface area contributed by atoms with E-state index in [4.69, 9.17) is 10.00 Å². The lowest BCUT2D eigenvalue weighted by Crippen LogP contribution is -2.15. The minimum absolute atomic E-state index is 0.269. The van der Waals surface area contributed by atoms with E-state index in [1.807, 2.05) is 26.0 Å². The standard InChI is InChI=1S/C14H19NO/c1-5-13(6-2)16-14-10(3)7-12(9-15)8-11(14)4/h7-8,13H,5-6H2,1-4H3. The highest BCUT2D eigenvalue weighted by molar-refractivity contribution is 5.47. The van der Waals surface area contributed by atoms with Gasteiger partial charge in [-0.2, -0.15) is 5.26 Å². The fourth-order valence-corrected chi connectivity index (χ4v) is 1.82. The molecule has 1 aromatic carbocycles. The molecular weight excluding hydrogens is 198 g/mol. The average molecular weight is 217 g/mol. The van der Waals surface area contributed by atoms with Crippen molar-refractivity contribution in [2.24, 2.45) is 0 Å². The summed E-state index contributed by atoms with van der Waals surface area (Å²) < 4.78 is 5.96. The third kappa shape index (κ3) is 2.76. The number of rotatable bonds is 4. The molecule has 0 unspecified atom stereocenters. The van der Waals surface area contributed by atoms with Crippen LogP contribution in [-0.4, -0.2) is 6.10 Å². The number of ether oxygens (including phenoxy) is 1. The molecule has 2 nitrogen and oxygen atoms in total. The van der Waals surface area contributed by atoms with Gasteiger partial charge in [-0.3, -0.25) is 0 Å². The first-order valence-electron chi connectivity index (χ1n) is 5.80.